The van der Waals surface area contributed by atoms with Gasteiger partial charge in [-0.1, -0.05) is 56.3 Å². The van der Waals surface area contributed by atoms with Gasteiger partial charge in [0.15, 0.2) is 0 Å². The molecule has 0 saturated carbocycles. The minimum absolute atomic E-state index is 0.0218. The molecule has 0 aliphatic carbocycles. The maximum absolute atomic E-state index is 12.6. The molecule has 0 spiro atoms. The van der Waals surface area contributed by atoms with Crippen LogP contribution in [0.15, 0.2) is 48.5 Å². The molecule has 2 rings (SSSR count). The number of hydrogen-bond acceptors (Lipinski definition) is 4. The Morgan fingerprint density at radius 3 is 2.33 bits per heavy atom. The van der Waals surface area contributed by atoms with Crippen LogP contribution in [0.3, 0.4) is 0 Å². The Balaban J connectivity index is 2.19. The van der Waals surface area contributed by atoms with Gasteiger partial charge in [-0.2, -0.15) is 0 Å². The van der Waals surface area contributed by atoms with Crippen LogP contribution < -0.4 is 15.8 Å². The second-order valence-corrected chi connectivity index (χ2v) is 7.13. The Bertz CT molecular complexity index is 785. The summed E-state index contributed by atoms with van der Waals surface area (Å²) in [5.74, 6) is 0.0906. The normalized spacial score (nSPS) is 13.1. The molecule has 5 heteroatoms. The average Bonchev–Trinajstić information content (AvgIpc) is 2.61. The maximum Gasteiger partial charge on any atom is 0.313 e. The molecule has 0 radical (unpaired) electrons. The zero-order valence-corrected chi connectivity index (χ0v) is 16.4. The predicted octanol–water partition coefficient (Wildman–Crippen LogP) is 3.62. The van der Waals surface area contributed by atoms with Crippen molar-refractivity contribution in [3.05, 3.63) is 65.2 Å². The molecule has 3 N–H and O–H groups in total. The van der Waals surface area contributed by atoms with Gasteiger partial charge in [0.1, 0.15) is 5.75 Å². The van der Waals surface area contributed by atoms with Gasteiger partial charge in [0.05, 0.1) is 18.5 Å². The molecule has 5 nitrogen and oxygen atoms in total. The van der Waals surface area contributed by atoms with E-state index < -0.39 is 18.1 Å². The molecule has 2 aromatic rings. The van der Waals surface area contributed by atoms with Gasteiger partial charge in [0.25, 0.3) is 0 Å². The smallest absolute Gasteiger partial charge is 0.313 e. The number of carbonyl (C=O) groups is 2. The molecule has 27 heavy (non-hydrogen) atoms. The first-order chi connectivity index (χ1) is 12.8. The summed E-state index contributed by atoms with van der Waals surface area (Å²) in [5, 5.41) is 2.83. The number of nitrogens with two attached hydrogens (primary N) is 1. The highest BCUT2D eigenvalue weighted by Crippen LogP contribution is 2.28. The fraction of sp³-hybridized carbons (Fsp3) is 0.364. The van der Waals surface area contributed by atoms with E-state index in [-0.39, 0.29) is 18.2 Å². The van der Waals surface area contributed by atoms with Crippen LogP contribution in [-0.2, 0) is 9.59 Å². The fourth-order valence-electron chi connectivity index (χ4n) is 2.78. The summed E-state index contributed by atoms with van der Waals surface area (Å²) in [6.45, 7) is 7.67. The van der Waals surface area contributed by atoms with Gasteiger partial charge in [0.2, 0.25) is 5.91 Å². The standard InChI is InChI=1S/C22H28N2O3/c1-14(2)18-11-10-15(3)12-20(18)27-21(25)13-19(24-22(26)16(4)23)17-8-6-5-7-9-17/h5-12,14,16,19H,13,23H2,1-4H3,(H,24,26)/t16?,19-/m1/s1. The van der Waals surface area contributed by atoms with E-state index in [4.69, 9.17) is 10.5 Å². The van der Waals surface area contributed by atoms with E-state index in [1.54, 1.807) is 6.92 Å². The second-order valence-electron chi connectivity index (χ2n) is 7.13. The molecule has 144 valence electrons. The van der Waals surface area contributed by atoms with Crippen LogP contribution in [0, 0.1) is 6.92 Å². The number of amides is 1. The van der Waals surface area contributed by atoms with Crippen molar-refractivity contribution < 1.29 is 14.3 Å². The van der Waals surface area contributed by atoms with Crippen LogP contribution in [0.4, 0.5) is 0 Å². The number of esters is 1. The van der Waals surface area contributed by atoms with Crippen LogP contribution in [0.1, 0.15) is 55.8 Å². The van der Waals surface area contributed by atoms with Crippen LogP contribution in [0.5, 0.6) is 5.75 Å². The van der Waals surface area contributed by atoms with Gasteiger partial charge in [0, 0.05) is 0 Å². The van der Waals surface area contributed by atoms with E-state index in [1.165, 1.54) is 0 Å². The molecule has 2 aromatic carbocycles. The van der Waals surface area contributed by atoms with E-state index in [0.29, 0.717) is 5.75 Å². The summed E-state index contributed by atoms with van der Waals surface area (Å²) in [6.07, 6.45) is 0.0218. The lowest BCUT2D eigenvalue weighted by Gasteiger charge is -2.20. The number of hydrogen-bond donors (Lipinski definition) is 2. The zero-order chi connectivity index (χ0) is 20.0. The number of carbonyl (C=O) groups excluding carboxylic acids is 2. The summed E-state index contributed by atoms with van der Waals surface area (Å²) >= 11 is 0. The lowest BCUT2D eigenvalue weighted by molar-refractivity contribution is -0.135. The summed E-state index contributed by atoms with van der Waals surface area (Å²) in [4.78, 5) is 24.7. The topological polar surface area (TPSA) is 81.4 Å². The van der Waals surface area contributed by atoms with E-state index in [1.807, 2.05) is 55.5 Å². The number of aryl methyl sites for hydroxylation is 1. The second kappa shape index (κ2) is 9.33. The minimum Gasteiger partial charge on any atom is -0.426 e. The van der Waals surface area contributed by atoms with Crippen LogP contribution in [-0.4, -0.2) is 17.9 Å². The van der Waals surface area contributed by atoms with E-state index >= 15 is 0 Å². The molecule has 0 aliphatic heterocycles. The van der Waals surface area contributed by atoms with Crippen LogP contribution >= 0.6 is 0 Å². The van der Waals surface area contributed by atoms with Crippen LogP contribution in [0.25, 0.3) is 0 Å². The average molecular weight is 368 g/mol. The van der Waals surface area contributed by atoms with Crippen molar-refractivity contribution in [1.82, 2.24) is 5.32 Å². The molecular formula is C22H28N2O3. The molecule has 0 bridgehead atoms. The first-order valence-electron chi connectivity index (χ1n) is 9.20. The first kappa shape index (κ1) is 20.6. The molecule has 0 aliphatic rings. The van der Waals surface area contributed by atoms with E-state index in [0.717, 1.165) is 16.7 Å². The van der Waals surface area contributed by atoms with Crippen molar-refractivity contribution >= 4 is 11.9 Å². The summed E-state index contributed by atoms with van der Waals surface area (Å²) in [7, 11) is 0. The van der Waals surface area contributed by atoms with Crippen molar-refractivity contribution in [2.24, 2.45) is 5.73 Å². The summed E-state index contributed by atoms with van der Waals surface area (Å²) < 4.78 is 5.66. The van der Waals surface area contributed by atoms with Gasteiger partial charge in [-0.3, -0.25) is 9.59 Å². The van der Waals surface area contributed by atoms with Crippen LogP contribution in [0.2, 0.25) is 0 Å². The highest BCUT2D eigenvalue weighted by atomic mass is 16.5. The predicted molar refractivity (Wildman–Crippen MR) is 106 cm³/mol. The van der Waals surface area contributed by atoms with Crippen molar-refractivity contribution in [3.63, 3.8) is 0 Å². The quantitative estimate of drug-likeness (QED) is 0.578. The molecule has 1 amide bonds. The first-order valence-corrected chi connectivity index (χ1v) is 9.20. The van der Waals surface area contributed by atoms with Crippen molar-refractivity contribution in [3.8, 4) is 5.75 Å². The molecular weight excluding hydrogens is 340 g/mol. The Morgan fingerprint density at radius 1 is 1.07 bits per heavy atom. The Kier molecular flexibility index (Phi) is 7.13. The lowest BCUT2D eigenvalue weighted by atomic mass is 10.0. The Morgan fingerprint density at radius 2 is 1.74 bits per heavy atom. The molecule has 0 heterocycles. The molecule has 1 unspecified atom stereocenters. The fourth-order valence-corrected chi connectivity index (χ4v) is 2.78. The monoisotopic (exact) mass is 368 g/mol. The molecule has 0 saturated heterocycles. The minimum atomic E-state index is -0.656. The summed E-state index contributed by atoms with van der Waals surface area (Å²) in [6, 6.07) is 14.0. The zero-order valence-electron chi connectivity index (χ0n) is 16.4. The van der Waals surface area contributed by atoms with Crippen molar-refractivity contribution in [1.29, 1.82) is 0 Å². The third-order valence-corrected chi connectivity index (χ3v) is 4.32. The van der Waals surface area contributed by atoms with Crippen molar-refractivity contribution in [2.75, 3.05) is 0 Å². The van der Waals surface area contributed by atoms with Gasteiger partial charge >= 0.3 is 5.97 Å². The highest BCUT2D eigenvalue weighted by Gasteiger charge is 2.22. The Hall–Kier alpha value is -2.66. The number of ether oxygens (including phenoxy) is 1. The SMILES string of the molecule is Cc1ccc(C(C)C)c(OC(=O)C[C@@H](NC(=O)C(C)N)c2ccccc2)c1. The van der Waals surface area contributed by atoms with E-state index in [2.05, 4.69) is 19.2 Å². The van der Waals surface area contributed by atoms with Gasteiger partial charge < -0.3 is 15.8 Å². The largest absolute Gasteiger partial charge is 0.426 e. The summed E-state index contributed by atoms with van der Waals surface area (Å²) in [5.41, 5.74) is 8.49. The molecule has 2 atom stereocenters. The lowest BCUT2D eigenvalue weighted by Crippen LogP contribution is -2.41. The molecule has 0 aromatic heterocycles. The number of nitrogens with one attached hydrogen (secondary N) is 1. The van der Waals surface area contributed by atoms with Gasteiger partial charge in [-0.25, -0.2) is 0 Å². The highest BCUT2D eigenvalue weighted by molar-refractivity contribution is 5.82. The third kappa shape index (κ3) is 5.93. The van der Waals surface area contributed by atoms with Crippen molar-refractivity contribution in [2.45, 2.75) is 52.1 Å². The van der Waals surface area contributed by atoms with Gasteiger partial charge in [-0.15, -0.1) is 0 Å². The van der Waals surface area contributed by atoms with Gasteiger partial charge in [-0.05, 0) is 42.5 Å². The number of rotatable bonds is 7. The Labute approximate surface area is 160 Å². The number of benzene rings is 2. The third-order valence-electron chi connectivity index (χ3n) is 4.32. The molecule has 0 fully saturated rings. The van der Waals surface area contributed by atoms with E-state index in [9.17, 15) is 9.59 Å². The maximum atomic E-state index is 12.6.